The Balaban J connectivity index is 1.61. The molecular formula is C25H20BrN3O3S. The average molecular weight is 522 g/mol. The molecule has 166 valence electrons. The van der Waals surface area contributed by atoms with Gasteiger partial charge in [-0.1, -0.05) is 52.3 Å². The van der Waals surface area contributed by atoms with Gasteiger partial charge in [-0.05, 0) is 66.2 Å². The van der Waals surface area contributed by atoms with Gasteiger partial charge in [0.2, 0.25) is 0 Å². The van der Waals surface area contributed by atoms with Crippen LogP contribution in [0, 0.1) is 0 Å². The van der Waals surface area contributed by atoms with Gasteiger partial charge in [0.1, 0.15) is 11.5 Å². The third-order valence-corrected chi connectivity index (χ3v) is 6.15. The van der Waals surface area contributed by atoms with E-state index >= 15 is 0 Å². The molecular weight excluding hydrogens is 502 g/mol. The lowest BCUT2D eigenvalue weighted by Gasteiger charge is -2.12. The Kier molecular flexibility index (Phi) is 7.26. The molecule has 1 aliphatic heterocycles. The van der Waals surface area contributed by atoms with Gasteiger partial charge in [0.25, 0.3) is 5.91 Å². The van der Waals surface area contributed by atoms with Crippen LogP contribution < -0.4 is 0 Å². The fourth-order valence-electron chi connectivity index (χ4n) is 3.08. The second kappa shape index (κ2) is 10.5. The molecule has 6 nitrogen and oxygen atoms in total. The predicted octanol–water partition coefficient (Wildman–Crippen LogP) is 6.31. The van der Waals surface area contributed by atoms with Crippen molar-refractivity contribution in [2.24, 2.45) is 10.2 Å². The second-order valence-electron chi connectivity index (χ2n) is 7.21. The molecule has 1 N–H and O–H groups in total. The van der Waals surface area contributed by atoms with Crippen molar-refractivity contribution in [3.63, 3.8) is 0 Å². The Bertz CT molecular complexity index is 1270. The summed E-state index contributed by atoms with van der Waals surface area (Å²) in [4.78, 5) is 15.1. The maximum Gasteiger partial charge on any atom is 0.267 e. The van der Waals surface area contributed by atoms with Crippen molar-refractivity contribution in [1.82, 2.24) is 4.90 Å². The van der Waals surface area contributed by atoms with Gasteiger partial charge in [-0.25, -0.2) is 0 Å². The van der Waals surface area contributed by atoms with Gasteiger partial charge in [0.15, 0.2) is 5.17 Å². The Morgan fingerprint density at radius 3 is 2.76 bits per heavy atom. The van der Waals surface area contributed by atoms with E-state index in [4.69, 9.17) is 4.42 Å². The maximum atomic E-state index is 13.1. The van der Waals surface area contributed by atoms with Gasteiger partial charge >= 0.3 is 0 Å². The third kappa shape index (κ3) is 5.91. The summed E-state index contributed by atoms with van der Waals surface area (Å²) in [6, 6.07) is 18.6. The molecule has 3 aromatic rings. The minimum Gasteiger partial charge on any atom is -0.507 e. The standard InChI is InChI=1S/C25H20BrN3O3S/c1-17(12-18-6-3-2-4-7-18)15-27-28-25-29(16-21-8-5-11-32-21)24(31)23(33-25)14-19-13-20(26)9-10-22(19)30/h2-15,30H,16H2,1H3/b17-12+,23-14-,27-15-,28-25+. The monoisotopic (exact) mass is 521 g/mol. The van der Waals surface area contributed by atoms with E-state index in [1.54, 1.807) is 48.9 Å². The van der Waals surface area contributed by atoms with Gasteiger partial charge < -0.3 is 9.52 Å². The second-order valence-corrected chi connectivity index (χ2v) is 9.14. The highest BCUT2D eigenvalue weighted by molar-refractivity contribution is 9.10. The van der Waals surface area contributed by atoms with E-state index in [2.05, 4.69) is 26.1 Å². The molecule has 8 heteroatoms. The quantitative estimate of drug-likeness (QED) is 0.234. The molecule has 0 atom stereocenters. The molecule has 0 spiro atoms. The number of carbonyl (C=O) groups is 1. The van der Waals surface area contributed by atoms with Crippen molar-refractivity contribution >= 4 is 57.1 Å². The molecule has 0 bridgehead atoms. The number of furan rings is 1. The number of amides is 1. The Morgan fingerprint density at radius 1 is 1.18 bits per heavy atom. The summed E-state index contributed by atoms with van der Waals surface area (Å²) in [6.45, 7) is 2.17. The van der Waals surface area contributed by atoms with Crippen molar-refractivity contribution in [1.29, 1.82) is 0 Å². The van der Waals surface area contributed by atoms with E-state index in [1.807, 2.05) is 43.3 Å². The number of amidine groups is 1. The van der Waals surface area contributed by atoms with Crippen LogP contribution in [0.3, 0.4) is 0 Å². The number of halogens is 1. The fraction of sp³-hybridized carbons (Fsp3) is 0.0800. The van der Waals surface area contributed by atoms with Gasteiger partial charge in [0, 0.05) is 10.0 Å². The third-order valence-electron chi connectivity index (χ3n) is 4.66. The Morgan fingerprint density at radius 2 is 2.00 bits per heavy atom. The topological polar surface area (TPSA) is 78.4 Å². The van der Waals surface area contributed by atoms with Gasteiger partial charge in [0.05, 0.1) is 23.9 Å². The zero-order valence-electron chi connectivity index (χ0n) is 17.7. The normalized spacial score (nSPS) is 17.1. The highest BCUT2D eigenvalue weighted by Crippen LogP contribution is 2.35. The number of hydrogen-bond donors (Lipinski definition) is 1. The largest absolute Gasteiger partial charge is 0.507 e. The molecule has 1 aliphatic rings. The van der Waals surface area contributed by atoms with Crippen molar-refractivity contribution in [2.75, 3.05) is 0 Å². The van der Waals surface area contributed by atoms with E-state index in [0.717, 1.165) is 15.6 Å². The van der Waals surface area contributed by atoms with Crippen LogP contribution in [0.15, 0.2) is 96.5 Å². The lowest BCUT2D eigenvalue weighted by molar-refractivity contribution is -0.122. The van der Waals surface area contributed by atoms with Crippen molar-refractivity contribution in [3.8, 4) is 5.75 Å². The molecule has 2 aromatic carbocycles. The number of thioether (sulfide) groups is 1. The number of carbonyl (C=O) groups excluding carboxylic acids is 1. The number of aromatic hydroxyl groups is 1. The summed E-state index contributed by atoms with van der Waals surface area (Å²) >= 11 is 4.59. The molecule has 33 heavy (non-hydrogen) atoms. The number of allylic oxidation sites excluding steroid dienone is 1. The number of hydrogen-bond acceptors (Lipinski definition) is 6. The van der Waals surface area contributed by atoms with Crippen molar-refractivity contribution in [2.45, 2.75) is 13.5 Å². The van der Waals surface area contributed by atoms with Gasteiger partial charge in [-0.15, -0.1) is 5.10 Å². The van der Waals surface area contributed by atoms with Crippen LogP contribution in [0.25, 0.3) is 12.2 Å². The highest BCUT2D eigenvalue weighted by Gasteiger charge is 2.34. The number of rotatable bonds is 6. The number of nitrogens with zero attached hydrogens (tertiary/aromatic N) is 3. The summed E-state index contributed by atoms with van der Waals surface area (Å²) in [5, 5.41) is 19.1. The van der Waals surface area contributed by atoms with E-state index in [9.17, 15) is 9.90 Å². The molecule has 1 aromatic heterocycles. The summed E-state index contributed by atoms with van der Waals surface area (Å²) in [5.41, 5.74) is 2.52. The van der Waals surface area contributed by atoms with E-state index < -0.39 is 0 Å². The first-order chi connectivity index (χ1) is 16.0. The van der Waals surface area contributed by atoms with Crippen LogP contribution in [0.5, 0.6) is 5.75 Å². The smallest absolute Gasteiger partial charge is 0.267 e. The SMILES string of the molecule is CC(/C=N\N=C1\S/C(=C\c2cc(Br)ccc2O)C(=O)N1Cc1ccco1)=C\c1ccccc1. The van der Waals surface area contributed by atoms with Crippen LogP contribution in [-0.2, 0) is 11.3 Å². The lowest BCUT2D eigenvalue weighted by Crippen LogP contribution is -2.28. The molecule has 1 amide bonds. The Hall–Kier alpha value is -3.36. The molecule has 1 fully saturated rings. The first-order valence-electron chi connectivity index (χ1n) is 10.1. The predicted molar refractivity (Wildman–Crippen MR) is 137 cm³/mol. The van der Waals surface area contributed by atoms with Crippen LogP contribution in [0.1, 0.15) is 23.8 Å². The summed E-state index contributed by atoms with van der Waals surface area (Å²) in [6.07, 6.45) is 6.86. The minimum atomic E-state index is -0.235. The summed E-state index contributed by atoms with van der Waals surface area (Å²) in [7, 11) is 0. The van der Waals surface area contributed by atoms with Crippen molar-refractivity contribution in [3.05, 3.63) is 98.8 Å². The van der Waals surface area contributed by atoms with Crippen LogP contribution in [0.2, 0.25) is 0 Å². The van der Waals surface area contributed by atoms with Crippen molar-refractivity contribution < 1.29 is 14.3 Å². The van der Waals surface area contributed by atoms with Gasteiger partial charge in [-0.2, -0.15) is 5.10 Å². The van der Waals surface area contributed by atoms with E-state index in [1.165, 1.54) is 16.7 Å². The summed E-state index contributed by atoms with van der Waals surface area (Å²) in [5.74, 6) is 0.482. The first-order valence-corrected chi connectivity index (χ1v) is 11.7. The Labute approximate surface area is 204 Å². The van der Waals surface area contributed by atoms with Crippen LogP contribution in [0.4, 0.5) is 0 Å². The number of benzene rings is 2. The van der Waals surface area contributed by atoms with E-state index in [0.29, 0.717) is 21.4 Å². The fourth-order valence-corrected chi connectivity index (χ4v) is 4.39. The zero-order chi connectivity index (χ0) is 23.2. The molecule has 0 unspecified atom stereocenters. The van der Waals surface area contributed by atoms with Crippen LogP contribution in [-0.4, -0.2) is 27.3 Å². The zero-order valence-corrected chi connectivity index (χ0v) is 20.1. The highest BCUT2D eigenvalue weighted by atomic mass is 79.9. The van der Waals surface area contributed by atoms with Crippen LogP contribution >= 0.6 is 27.7 Å². The number of phenolic OH excluding ortho intramolecular Hbond substituents is 1. The molecule has 0 radical (unpaired) electrons. The molecule has 1 saturated heterocycles. The molecule has 4 rings (SSSR count). The molecule has 0 aliphatic carbocycles. The first kappa shape index (κ1) is 22.8. The maximum absolute atomic E-state index is 13.1. The lowest BCUT2D eigenvalue weighted by atomic mass is 10.1. The summed E-state index contributed by atoms with van der Waals surface area (Å²) < 4.78 is 6.22. The molecule has 2 heterocycles. The molecule has 0 saturated carbocycles. The van der Waals surface area contributed by atoms with E-state index in [-0.39, 0.29) is 18.2 Å². The minimum absolute atomic E-state index is 0.0850. The number of phenols is 1. The average Bonchev–Trinajstić information content (AvgIpc) is 3.41. The van der Waals surface area contributed by atoms with Gasteiger partial charge in [-0.3, -0.25) is 9.69 Å².